The highest BCUT2D eigenvalue weighted by Gasteiger charge is 2.37. The van der Waals surface area contributed by atoms with Gasteiger partial charge in [-0.25, -0.2) is 0 Å². The summed E-state index contributed by atoms with van der Waals surface area (Å²) in [5.41, 5.74) is 6.53. The average molecular weight is 284 g/mol. The van der Waals surface area contributed by atoms with E-state index in [2.05, 4.69) is 30.6 Å². The SMILES string of the molecule is CCCCN(CCCC)C1(CN)CCN(CCC)CC1. The maximum Gasteiger partial charge on any atom is 0.0356 e. The topological polar surface area (TPSA) is 32.5 Å². The minimum Gasteiger partial charge on any atom is -0.329 e. The number of rotatable bonds is 10. The van der Waals surface area contributed by atoms with E-state index in [0.29, 0.717) is 0 Å². The molecule has 0 aromatic rings. The summed E-state index contributed by atoms with van der Waals surface area (Å²) in [4.78, 5) is 5.36. The summed E-state index contributed by atoms with van der Waals surface area (Å²) in [7, 11) is 0. The fraction of sp³-hybridized carbons (Fsp3) is 1.00. The van der Waals surface area contributed by atoms with Crippen molar-refractivity contribution < 1.29 is 0 Å². The van der Waals surface area contributed by atoms with E-state index in [-0.39, 0.29) is 5.54 Å². The van der Waals surface area contributed by atoms with E-state index in [1.54, 1.807) is 0 Å². The molecular weight excluding hydrogens is 246 g/mol. The first kappa shape index (κ1) is 17.9. The third-order valence-corrected chi connectivity index (χ3v) is 4.94. The molecule has 0 aliphatic carbocycles. The van der Waals surface area contributed by atoms with E-state index in [4.69, 9.17) is 5.73 Å². The van der Waals surface area contributed by atoms with Gasteiger partial charge >= 0.3 is 0 Å². The minimum atomic E-state index is 0.286. The standard InChI is InChI=1S/C17H37N3/c1-4-7-12-20(13-8-5-2)17(16-18)9-14-19(11-6-3)15-10-17/h4-16,18H2,1-3H3. The summed E-state index contributed by atoms with van der Waals surface area (Å²) in [6.45, 7) is 13.9. The Morgan fingerprint density at radius 1 is 0.950 bits per heavy atom. The van der Waals surface area contributed by atoms with E-state index in [0.717, 1.165) is 6.54 Å². The maximum absolute atomic E-state index is 6.24. The number of hydrogen-bond donors (Lipinski definition) is 1. The molecule has 1 fully saturated rings. The Labute approximate surface area is 126 Å². The Kier molecular flexibility index (Phi) is 8.74. The molecule has 1 rings (SSSR count). The Bertz CT molecular complexity index is 226. The Morgan fingerprint density at radius 3 is 1.90 bits per heavy atom. The Balaban J connectivity index is 2.62. The van der Waals surface area contributed by atoms with Crippen molar-refractivity contribution in [3.8, 4) is 0 Å². The fourth-order valence-electron chi connectivity index (χ4n) is 3.44. The van der Waals surface area contributed by atoms with Gasteiger partial charge in [0.2, 0.25) is 0 Å². The number of nitrogens with zero attached hydrogens (tertiary/aromatic N) is 2. The van der Waals surface area contributed by atoms with Crippen LogP contribution in [0.1, 0.15) is 65.7 Å². The molecule has 0 unspecified atom stereocenters. The predicted molar refractivity (Wildman–Crippen MR) is 89.1 cm³/mol. The van der Waals surface area contributed by atoms with Crippen molar-refractivity contribution in [3.05, 3.63) is 0 Å². The first-order valence-electron chi connectivity index (χ1n) is 8.89. The van der Waals surface area contributed by atoms with Crippen LogP contribution in [-0.2, 0) is 0 Å². The zero-order valence-corrected chi connectivity index (χ0v) is 14.2. The van der Waals surface area contributed by atoms with Gasteiger partial charge in [0.15, 0.2) is 0 Å². The average Bonchev–Trinajstić information content (AvgIpc) is 2.49. The van der Waals surface area contributed by atoms with E-state index < -0.39 is 0 Å². The molecule has 0 spiro atoms. The number of hydrogen-bond acceptors (Lipinski definition) is 3. The summed E-state index contributed by atoms with van der Waals surface area (Å²) in [6, 6.07) is 0. The lowest BCUT2D eigenvalue weighted by Gasteiger charge is -2.49. The van der Waals surface area contributed by atoms with Crippen molar-refractivity contribution >= 4 is 0 Å². The van der Waals surface area contributed by atoms with Crippen LogP contribution in [0.3, 0.4) is 0 Å². The highest BCUT2D eigenvalue weighted by Crippen LogP contribution is 2.29. The lowest BCUT2D eigenvalue weighted by molar-refractivity contribution is 0.0246. The van der Waals surface area contributed by atoms with Gasteiger partial charge in [0.25, 0.3) is 0 Å². The summed E-state index contributed by atoms with van der Waals surface area (Å²) in [6.07, 6.45) is 8.98. The highest BCUT2D eigenvalue weighted by molar-refractivity contribution is 4.96. The van der Waals surface area contributed by atoms with Crippen molar-refractivity contribution in [3.63, 3.8) is 0 Å². The molecule has 3 nitrogen and oxygen atoms in total. The van der Waals surface area contributed by atoms with Crippen LogP contribution in [0.15, 0.2) is 0 Å². The molecule has 1 aliphatic rings. The number of piperidine rings is 1. The van der Waals surface area contributed by atoms with Gasteiger partial charge in [0.1, 0.15) is 0 Å². The summed E-state index contributed by atoms with van der Waals surface area (Å²) >= 11 is 0. The molecule has 0 aromatic carbocycles. The van der Waals surface area contributed by atoms with Crippen molar-refractivity contribution in [2.75, 3.05) is 39.3 Å². The van der Waals surface area contributed by atoms with Crippen LogP contribution >= 0.6 is 0 Å². The molecule has 0 atom stereocenters. The van der Waals surface area contributed by atoms with E-state index in [1.165, 1.54) is 77.7 Å². The normalized spacial score (nSPS) is 19.6. The van der Waals surface area contributed by atoms with E-state index >= 15 is 0 Å². The van der Waals surface area contributed by atoms with Crippen molar-refractivity contribution in [2.24, 2.45) is 5.73 Å². The second-order valence-corrected chi connectivity index (χ2v) is 6.46. The van der Waals surface area contributed by atoms with Crippen molar-refractivity contribution in [1.29, 1.82) is 0 Å². The predicted octanol–water partition coefficient (Wildman–Crippen LogP) is 3.09. The van der Waals surface area contributed by atoms with E-state index in [9.17, 15) is 0 Å². The van der Waals surface area contributed by atoms with Gasteiger partial charge in [-0.2, -0.15) is 0 Å². The molecule has 120 valence electrons. The number of likely N-dealkylation sites (tertiary alicyclic amines) is 1. The van der Waals surface area contributed by atoms with Gasteiger partial charge in [-0.3, -0.25) is 4.90 Å². The smallest absolute Gasteiger partial charge is 0.0356 e. The zero-order chi connectivity index (χ0) is 14.8. The molecule has 0 radical (unpaired) electrons. The molecule has 0 amide bonds. The molecule has 1 saturated heterocycles. The second kappa shape index (κ2) is 9.75. The van der Waals surface area contributed by atoms with E-state index in [1.807, 2.05) is 0 Å². The summed E-state index contributed by atoms with van der Waals surface area (Å²) < 4.78 is 0. The quantitative estimate of drug-likeness (QED) is 0.669. The van der Waals surface area contributed by atoms with Gasteiger partial charge in [-0.15, -0.1) is 0 Å². The van der Waals surface area contributed by atoms with Gasteiger partial charge in [0, 0.05) is 12.1 Å². The number of unbranched alkanes of at least 4 members (excludes halogenated alkanes) is 2. The second-order valence-electron chi connectivity index (χ2n) is 6.46. The van der Waals surface area contributed by atoms with Crippen LogP contribution in [0, 0.1) is 0 Å². The minimum absolute atomic E-state index is 0.286. The first-order chi connectivity index (χ1) is 9.72. The summed E-state index contributed by atoms with van der Waals surface area (Å²) in [5, 5.41) is 0. The van der Waals surface area contributed by atoms with Crippen LogP contribution in [0.25, 0.3) is 0 Å². The molecule has 3 heteroatoms. The summed E-state index contributed by atoms with van der Waals surface area (Å²) in [5.74, 6) is 0. The molecular formula is C17H37N3. The van der Waals surface area contributed by atoms with Crippen LogP contribution in [0.5, 0.6) is 0 Å². The van der Waals surface area contributed by atoms with Gasteiger partial charge < -0.3 is 10.6 Å². The number of nitrogens with two attached hydrogens (primary N) is 1. The molecule has 0 aromatic heterocycles. The molecule has 1 aliphatic heterocycles. The van der Waals surface area contributed by atoms with Crippen LogP contribution < -0.4 is 5.73 Å². The Hall–Kier alpha value is -0.120. The first-order valence-corrected chi connectivity index (χ1v) is 8.89. The molecule has 0 bridgehead atoms. The van der Waals surface area contributed by atoms with Crippen LogP contribution in [-0.4, -0.2) is 54.6 Å². The fourth-order valence-corrected chi connectivity index (χ4v) is 3.44. The van der Waals surface area contributed by atoms with Gasteiger partial charge in [-0.1, -0.05) is 33.6 Å². The van der Waals surface area contributed by atoms with Gasteiger partial charge in [0.05, 0.1) is 0 Å². The monoisotopic (exact) mass is 283 g/mol. The maximum atomic E-state index is 6.24. The van der Waals surface area contributed by atoms with Crippen LogP contribution in [0.4, 0.5) is 0 Å². The van der Waals surface area contributed by atoms with Crippen molar-refractivity contribution in [1.82, 2.24) is 9.80 Å². The molecule has 2 N–H and O–H groups in total. The lowest BCUT2D eigenvalue weighted by atomic mass is 9.85. The zero-order valence-electron chi connectivity index (χ0n) is 14.2. The Morgan fingerprint density at radius 2 is 1.50 bits per heavy atom. The highest BCUT2D eigenvalue weighted by atomic mass is 15.2. The largest absolute Gasteiger partial charge is 0.329 e. The third-order valence-electron chi connectivity index (χ3n) is 4.94. The lowest BCUT2D eigenvalue weighted by Crippen LogP contribution is -2.59. The van der Waals surface area contributed by atoms with Crippen LogP contribution in [0.2, 0.25) is 0 Å². The molecule has 1 heterocycles. The van der Waals surface area contributed by atoms with Crippen molar-refractivity contribution in [2.45, 2.75) is 71.3 Å². The molecule has 0 saturated carbocycles. The third kappa shape index (κ3) is 5.01. The molecule has 20 heavy (non-hydrogen) atoms. The van der Waals surface area contributed by atoms with Gasteiger partial charge in [-0.05, 0) is 64.8 Å².